The molecule has 6 heteroatoms. The third-order valence-corrected chi connectivity index (χ3v) is 3.06. The highest BCUT2D eigenvalue weighted by Crippen LogP contribution is 2.20. The number of hydrogen-bond donors (Lipinski definition) is 3. The van der Waals surface area contributed by atoms with Crippen LogP contribution in [0.15, 0.2) is 12.1 Å². The summed E-state index contributed by atoms with van der Waals surface area (Å²) in [5.74, 6) is 0.226. The Labute approximate surface area is 117 Å². The van der Waals surface area contributed by atoms with Crippen molar-refractivity contribution in [2.45, 2.75) is 27.7 Å². The Morgan fingerprint density at radius 3 is 2.50 bits per heavy atom. The van der Waals surface area contributed by atoms with Gasteiger partial charge in [0, 0.05) is 12.3 Å². The highest BCUT2D eigenvalue weighted by atomic mass is 16.1. The number of nitrogens with zero attached hydrogens (tertiary/aromatic N) is 2. The summed E-state index contributed by atoms with van der Waals surface area (Å²) in [7, 11) is 0. The minimum Gasteiger partial charge on any atom is -0.322 e. The van der Waals surface area contributed by atoms with E-state index in [2.05, 4.69) is 33.3 Å². The van der Waals surface area contributed by atoms with Crippen LogP contribution >= 0.6 is 0 Å². The predicted molar refractivity (Wildman–Crippen MR) is 77.4 cm³/mol. The molecule has 0 fully saturated rings. The summed E-state index contributed by atoms with van der Waals surface area (Å²) >= 11 is 0. The van der Waals surface area contributed by atoms with E-state index < -0.39 is 0 Å². The first-order valence-corrected chi connectivity index (χ1v) is 6.29. The smallest absolute Gasteiger partial charge is 0.322 e. The average Bonchev–Trinajstić information content (AvgIpc) is 2.30. The predicted octanol–water partition coefficient (Wildman–Crippen LogP) is -0.282. The van der Waals surface area contributed by atoms with Gasteiger partial charge >= 0.3 is 5.95 Å². The molecule has 0 aliphatic carbocycles. The minimum absolute atomic E-state index is 0.111. The number of benzene rings is 1. The van der Waals surface area contributed by atoms with Crippen LogP contribution in [0.4, 0.5) is 5.95 Å². The molecule has 0 saturated heterocycles. The molecule has 6 nitrogen and oxygen atoms in total. The first kappa shape index (κ1) is 13.9. The summed E-state index contributed by atoms with van der Waals surface area (Å²) < 4.78 is 0. The summed E-state index contributed by atoms with van der Waals surface area (Å²) in [5, 5.41) is 3.45. The Hall–Kier alpha value is -2.50. The molecule has 1 heterocycles. The van der Waals surface area contributed by atoms with Crippen LogP contribution in [0, 0.1) is 20.8 Å². The number of aromatic nitrogens is 2. The van der Waals surface area contributed by atoms with Gasteiger partial charge in [-0.3, -0.25) is 4.79 Å². The highest BCUT2D eigenvalue weighted by Gasteiger charge is 2.11. The molecule has 0 radical (unpaired) electrons. The molecule has 0 unspecified atom stereocenters. The molecule has 2 aromatic rings. The van der Waals surface area contributed by atoms with Crippen LogP contribution in [0.2, 0.25) is 0 Å². The fraction of sp³-hybridized carbons (Fsp3) is 0.286. The lowest BCUT2D eigenvalue weighted by atomic mass is 10.1. The largest absolute Gasteiger partial charge is 0.354 e. The number of rotatable bonds is 1. The SMILES string of the molecule is CC(=O)NC(N)=[NH+]c1nc(C)c2cc(C)c(C)cc2n1. The average molecular weight is 272 g/mol. The van der Waals surface area contributed by atoms with E-state index in [1.54, 1.807) is 0 Å². The number of amides is 1. The van der Waals surface area contributed by atoms with Gasteiger partial charge in [0.25, 0.3) is 11.9 Å². The number of fused-ring (bicyclic) bond motifs is 1. The third-order valence-electron chi connectivity index (χ3n) is 3.06. The van der Waals surface area contributed by atoms with Crippen molar-refractivity contribution in [3.8, 4) is 0 Å². The number of guanidine groups is 1. The monoisotopic (exact) mass is 272 g/mol. The fourth-order valence-electron chi connectivity index (χ4n) is 1.94. The normalized spacial score (nSPS) is 11.7. The standard InChI is InChI=1S/C14H17N5O/c1-7-5-11-9(3)16-14(18-12(11)6-8(7)2)19-13(15)17-10(4)20/h5-6H,1-4H3,(H3,15,16,17,18,19,20)/p+1. The Bertz CT molecular complexity index is 721. The summed E-state index contributed by atoms with van der Waals surface area (Å²) in [6, 6.07) is 4.09. The van der Waals surface area contributed by atoms with Crippen molar-refractivity contribution in [1.82, 2.24) is 15.3 Å². The van der Waals surface area contributed by atoms with E-state index in [0.717, 1.165) is 16.6 Å². The maximum absolute atomic E-state index is 10.9. The van der Waals surface area contributed by atoms with Gasteiger partial charge < -0.3 is 5.73 Å². The Balaban J connectivity index is 2.52. The van der Waals surface area contributed by atoms with Crippen LogP contribution in [-0.2, 0) is 4.79 Å². The summed E-state index contributed by atoms with van der Waals surface area (Å²) in [4.78, 5) is 22.4. The molecule has 0 atom stereocenters. The van der Waals surface area contributed by atoms with Crippen LogP contribution < -0.4 is 16.0 Å². The molecule has 1 amide bonds. The van der Waals surface area contributed by atoms with Crippen molar-refractivity contribution in [2.75, 3.05) is 0 Å². The molecule has 0 aliphatic rings. The van der Waals surface area contributed by atoms with Crippen molar-refractivity contribution in [1.29, 1.82) is 0 Å². The van der Waals surface area contributed by atoms with E-state index in [0.29, 0.717) is 5.95 Å². The van der Waals surface area contributed by atoms with Crippen LogP contribution in [0.5, 0.6) is 0 Å². The fourth-order valence-corrected chi connectivity index (χ4v) is 1.94. The number of nitrogens with one attached hydrogen (secondary N) is 2. The molecule has 104 valence electrons. The van der Waals surface area contributed by atoms with Crippen molar-refractivity contribution in [2.24, 2.45) is 5.73 Å². The second-order valence-corrected chi connectivity index (χ2v) is 4.81. The highest BCUT2D eigenvalue weighted by molar-refractivity contribution is 5.92. The molecule has 1 aromatic heterocycles. The van der Waals surface area contributed by atoms with E-state index in [1.165, 1.54) is 18.1 Å². The van der Waals surface area contributed by atoms with Gasteiger partial charge in [0.1, 0.15) is 5.52 Å². The van der Waals surface area contributed by atoms with Gasteiger partial charge in [0.15, 0.2) is 0 Å². The van der Waals surface area contributed by atoms with Gasteiger partial charge in [-0.15, -0.1) is 9.97 Å². The number of carbonyl (C=O) groups is 1. The first-order chi connectivity index (χ1) is 9.36. The lowest BCUT2D eigenvalue weighted by Crippen LogP contribution is -2.74. The molecule has 0 bridgehead atoms. The Kier molecular flexibility index (Phi) is 3.65. The van der Waals surface area contributed by atoms with E-state index >= 15 is 0 Å². The van der Waals surface area contributed by atoms with Crippen molar-refractivity contribution in [3.05, 3.63) is 29.0 Å². The summed E-state index contributed by atoms with van der Waals surface area (Å²) in [6.45, 7) is 7.39. The Morgan fingerprint density at radius 2 is 1.85 bits per heavy atom. The lowest BCUT2D eigenvalue weighted by Gasteiger charge is -2.04. The number of aryl methyl sites for hydroxylation is 3. The van der Waals surface area contributed by atoms with Gasteiger partial charge in [-0.05, 0) is 44.0 Å². The zero-order chi connectivity index (χ0) is 14.9. The second-order valence-electron chi connectivity index (χ2n) is 4.81. The molecule has 0 spiro atoms. The van der Waals surface area contributed by atoms with Crippen molar-refractivity contribution >= 4 is 28.7 Å². The zero-order valence-electron chi connectivity index (χ0n) is 12.0. The van der Waals surface area contributed by atoms with E-state index in [-0.39, 0.29) is 11.9 Å². The van der Waals surface area contributed by atoms with Crippen LogP contribution in [0.1, 0.15) is 23.7 Å². The van der Waals surface area contributed by atoms with Gasteiger partial charge in [0.2, 0.25) is 0 Å². The summed E-state index contributed by atoms with van der Waals surface area (Å²) in [5.41, 5.74) is 9.72. The van der Waals surface area contributed by atoms with Gasteiger partial charge in [0.05, 0.1) is 5.69 Å². The molecule has 0 saturated carbocycles. The van der Waals surface area contributed by atoms with Gasteiger partial charge in [-0.2, -0.15) is 0 Å². The first-order valence-electron chi connectivity index (χ1n) is 6.29. The molecule has 2 rings (SSSR count). The molecule has 20 heavy (non-hydrogen) atoms. The van der Waals surface area contributed by atoms with Crippen molar-refractivity contribution < 1.29 is 9.79 Å². The second kappa shape index (κ2) is 5.24. The number of hydrogen-bond acceptors (Lipinski definition) is 3. The van der Waals surface area contributed by atoms with Crippen molar-refractivity contribution in [3.63, 3.8) is 0 Å². The van der Waals surface area contributed by atoms with Crippen LogP contribution in [-0.4, -0.2) is 21.8 Å². The number of carbonyl (C=O) groups excluding carboxylic acids is 1. The molecule has 0 aliphatic heterocycles. The minimum atomic E-state index is -0.251. The van der Waals surface area contributed by atoms with E-state index in [9.17, 15) is 4.79 Å². The lowest BCUT2D eigenvalue weighted by molar-refractivity contribution is -0.367. The van der Waals surface area contributed by atoms with Gasteiger partial charge in [-0.25, -0.2) is 10.3 Å². The topological polar surface area (TPSA) is 94.9 Å². The maximum atomic E-state index is 10.9. The molecule has 4 N–H and O–H groups in total. The van der Waals surface area contributed by atoms with Crippen LogP contribution in [0.25, 0.3) is 10.9 Å². The van der Waals surface area contributed by atoms with Crippen LogP contribution in [0.3, 0.4) is 0 Å². The quantitative estimate of drug-likeness (QED) is 0.491. The zero-order valence-corrected chi connectivity index (χ0v) is 12.0. The maximum Gasteiger partial charge on any atom is 0.354 e. The Morgan fingerprint density at radius 1 is 1.20 bits per heavy atom. The molecular formula is C14H18N5O+. The molecule has 1 aromatic carbocycles. The van der Waals surface area contributed by atoms with Gasteiger partial charge in [-0.1, -0.05) is 0 Å². The van der Waals surface area contributed by atoms with E-state index in [1.807, 2.05) is 19.9 Å². The molecular weight excluding hydrogens is 254 g/mol. The third kappa shape index (κ3) is 2.90. The number of nitrogens with two attached hydrogens (primary N) is 1. The summed E-state index contributed by atoms with van der Waals surface area (Å²) in [6.07, 6.45) is 0. The van der Waals surface area contributed by atoms with E-state index in [4.69, 9.17) is 5.73 Å².